The number of rotatable bonds is 9. The monoisotopic (exact) mass is 262 g/mol. The van der Waals surface area contributed by atoms with E-state index in [-0.39, 0.29) is 12.6 Å². The molecule has 1 aromatic rings. The van der Waals surface area contributed by atoms with Crippen molar-refractivity contribution in [1.82, 2.24) is 15.5 Å². The number of aromatic nitrogens is 2. The second-order valence-electron chi connectivity index (χ2n) is 4.05. The first-order chi connectivity index (χ1) is 8.74. The van der Waals surface area contributed by atoms with E-state index in [1.54, 1.807) is 0 Å². The van der Waals surface area contributed by atoms with Gasteiger partial charge in [-0.05, 0) is 12.8 Å². The molecule has 0 aromatic carbocycles. The van der Waals surface area contributed by atoms with Gasteiger partial charge in [0.15, 0.2) is 0 Å². The standard InChI is InChI=1S/C10H16F2N4O2/c11-8(12)6-17-4-3-13-10-16-15-9(18-10)5-14-7-1-2-7/h7-8,14H,1-6H2,(H,13,16). The van der Waals surface area contributed by atoms with Crippen molar-refractivity contribution in [2.75, 3.05) is 25.1 Å². The SMILES string of the molecule is FC(F)COCCNc1nnc(CNC2CC2)o1. The molecule has 0 unspecified atom stereocenters. The fraction of sp³-hybridized carbons (Fsp3) is 0.800. The number of alkyl halides is 2. The number of nitrogens with one attached hydrogen (secondary N) is 2. The Morgan fingerprint density at radius 2 is 2.22 bits per heavy atom. The Bertz CT molecular complexity index is 357. The topological polar surface area (TPSA) is 72.2 Å². The average Bonchev–Trinajstić information content (AvgIpc) is 3.06. The summed E-state index contributed by atoms with van der Waals surface area (Å²) in [5, 5.41) is 13.7. The maximum atomic E-state index is 11.8. The maximum absolute atomic E-state index is 11.8. The summed E-state index contributed by atoms with van der Waals surface area (Å²) in [6.07, 6.45) is -0.0463. The Balaban J connectivity index is 1.57. The molecule has 102 valence electrons. The molecule has 0 radical (unpaired) electrons. The smallest absolute Gasteiger partial charge is 0.315 e. The van der Waals surface area contributed by atoms with Crippen molar-refractivity contribution in [1.29, 1.82) is 0 Å². The zero-order valence-electron chi connectivity index (χ0n) is 9.86. The normalized spacial score (nSPS) is 15.3. The molecule has 18 heavy (non-hydrogen) atoms. The van der Waals surface area contributed by atoms with E-state index in [9.17, 15) is 8.78 Å². The van der Waals surface area contributed by atoms with Crippen LogP contribution in [-0.2, 0) is 11.3 Å². The predicted molar refractivity (Wildman–Crippen MR) is 59.5 cm³/mol. The molecular weight excluding hydrogens is 246 g/mol. The molecule has 0 aliphatic heterocycles. The van der Waals surface area contributed by atoms with Crippen LogP contribution in [0.3, 0.4) is 0 Å². The third-order valence-corrected chi connectivity index (χ3v) is 2.35. The molecule has 8 heteroatoms. The lowest BCUT2D eigenvalue weighted by molar-refractivity contribution is 0.0214. The Kier molecular flexibility index (Phi) is 4.82. The van der Waals surface area contributed by atoms with E-state index >= 15 is 0 Å². The van der Waals surface area contributed by atoms with Crippen LogP contribution in [0.5, 0.6) is 0 Å². The zero-order chi connectivity index (χ0) is 12.8. The van der Waals surface area contributed by atoms with Gasteiger partial charge in [-0.15, -0.1) is 5.10 Å². The second-order valence-corrected chi connectivity index (χ2v) is 4.05. The van der Waals surface area contributed by atoms with Crippen LogP contribution in [0.25, 0.3) is 0 Å². The van der Waals surface area contributed by atoms with Crippen LogP contribution in [0.4, 0.5) is 14.8 Å². The van der Waals surface area contributed by atoms with Crippen molar-refractivity contribution in [2.24, 2.45) is 0 Å². The molecule has 1 saturated carbocycles. The molecule has 1 aromatic heterocycles. The van der Waals surface area contributed by atoms with Gasteiger partial charge in [-0.25, -0.2) is 8.78 Å². The highest BCUT2D eigenvalue weighted by molar-refractivity contribution is 5.16. The van der Waals surface area contributed by atoms with Crippen LogP contribution in [0, 0.1) is 0 Å². The second kappa shape index (κ2) is 6.60. The minimum absolute atomic E-state index is 0.169. The van der Waals surface area contributed by atoms with Gasteiger partial charge >= 0.3 is 6.01 Å². The van der Waals surface area contributed by atoms with E-state index in [1.807, 2.05) is 0 Å². The lowest BCUT2D eigenvalue weighted by Gasteiger charge is -2.03. The highest BCUT2D eigenvalue weighted by atomic mass is 19.3. The molecule has 0 spiro atoms. The number of anilines is 1. The van der Waals surface area contributed by atoms with Crippen molar-refractivity contribution < 1.29 is 17.9 Å². The van der Waals surface area contributed by atoms with Crippen molar-refractivity contribution in [3.63, 3.8) is 0 Å². The molecule has 1 aliphatic carbocycles. The van der Waals surface area contributed by atoms with E-state index in [2.05, 4.69) is 20.8 Å². The average molecular weight is 262 g/mol. The molecular formula is C10H16F2N4O2. The quantitative estimate of drug-likeness (QED) is 0.647. The van der Waals surface area contributed by atoms with Crippen molar-refractivity contribution in [3.8, 4) is 0 Å². The lowest BCUT2D eigenvalue weighted by atomic mass is 10.6. The van der Waals surface area contributed by atoms with Gasteiger partial charge in [0.25, 0.3) is 6.43 Å². The van der Waals surface area contributed by atoms with Crippen LogP contribution >= 0.6 is 0 Å². The van der Waals surface area contributed by atoms with Gasteiger partial charge < -0.3 is 19.8 Å². The zero-order valence-corrected chi connectivity index (χ0v) is 9.86. The molecule has 2 rings (SSSR count). The largest absolute Gasteiger partial charge is 0.407 e. The summed E-state index contributed by atoms with van der Waals surface area (Å²) in [6, 6.07) is 0.860. The molecule has 6 nitrogen and oxygen atoms in total. The fourth-order valence-corrected chi connectivity index (χ4v) is 1.32. The van der Waals surface area contributed by atoms with E-state index < -0.39 is 13.0 Å². The Morgan fingerprint density at radius 3 is 2.94 bits per heavy atom. The molecule has 1 fully saturated rings. The number of halogens is 2. The number of hydrogen-bond donors (Lipinski definition) is 2. The molecule has 0 bridgehead atoms. The number of nitrogens with zero attached hydrogens (tertiary/aromatic N) is 2. The first kappa shape index (κ1) is 13.2. The third-order valence-electron chi connectivity index (χ3n) is 2.35. The fourth-order valence-electron chi connectivity index (χ4n) is 1.32. The Morgan fingerprint density at radius 1 is 1.39 bits per heavy atom. The highest BCUT2D eigenvalue weighted by Gasteiger charge is 2.21. The van der Waals surface area contributed by atoms with Crippen LogP contribution in [0.2, 0.25) is 0 Å². The molecule has 0 saturated heterocycles. The molecule has 0 atom stereocenters. The molecule has 1 heterocycles. The summed E-state index contributed by atoms with van der Waals surface area (Å²) < 4.78 is 33.5. The summed E-state index contributed by atoms with van der Waals surface area (Å²) in [6.45, 7) is 0.524. The van der Waals surface area contributed by atoms with Gasteiger partial charge in [-0.2, -0.15) is 0 Å². The number of hydrogen-bond acceptors (Lipinski definition) is 6. The Hall–Kier alpha value is -1.28. The maximum Gasteiger partial charge on any atom is 0.315 e. The summed E-state index contributed by atoms with van der Waals surface area (Å²) in [4.78, 5) is 0. The van der Waals surface area contributed by atoms with Gasteiger partial charge in [0.1, 0.15) is 6.61 Å². The molecule has 2 N–H and O–H groups in total. The van der Waals surface area contributed by atoms with E-state index in [0.717, 1.165) is 0 Å². The van der Waals surface area contributed by atoms with E-state index in [0.29, 0.717) is 25.0 Å². The van der Waals surface area contributed by atoms with Crippen LogP contribution in [-0.4, -0.2) is 42.4 Å². The van der Waals surface area contributed by atoms with Gasteiger partial charge in [0, 0.05) is 12.6 Å². The summed E-state index contributed by atoms with van der Waals surface area (Å²) in [7, 11) is 0. The van der Waals surface area contributed by atoms with Gasteiger partial charge in [-0.1, -0.05) is 5.10 Å². The van der Waals surface area contributed by atoms with Gasteiger partial charge in [0.2, 0.25) is 5.89 Å². The van der Waals surface area contributed by atoms with Gasteiger partial charge in [-0.3, -0.25) is 0 Å². The van der Waals surface area contributed by atoms with Crippen molar-refractivity contribution in [3.05, 3.63) is 5.89 Å². The first-order valence-electron chi connectivity index (χ1n) is 5.89. The summed E-state index contributed by atoms with van der Waals surface area (Å²) in [5.41, 5.74) is 0. The van der Waals surface area contributed by atoms with Crippen LogP contribution < -0.4 is 10.6 Å². The van der Waals surface area contributed by atoms with Gasteiger partial charge in [0.05, 0.1) is 13.2 Å². The summed E-state index contributed by atoms with van der Waals surface area (Å²) in [5.74, 6) is 0.512. The number of ether oxygens (including phenoxy) is 1. The van der Waals surface area contributed by atoms with E-state index in [4.69, 9.17) is 9.15 Å². The van der Waals surface area contributed by atoms with Crippen LogP contribution in [0.15, 0.2) is 4.42 Å². The van der Waals surface area contributed by atoms with Crippen molar-refractivity contribution in [2.45, 2.75) is 31.9 Å². The predicted octanol–water partition coefficient (Wildman–Crippen LogP) is 1.02. The minimum Gasteiger partial charge on any atom is -0.407 e. The highest BCUT2D eigenvalue weighted by Crippen LogP contribution is 2.19. The van der Waals surface area contributed by atoms with Crippen molar-refractivity contribution >= 4 is 6.01 Å². The first-order valence-corrected chi connectivity index (χ1v) is 5.89. The Labute approximate surface area is 103 Å². The van der Waals surface area contributed by atoms with Crippen LogP contribution in [0.1, 0.15) is 18.7 Å². The third kappa shape index (κ3) is 4.92. The van der Waals surface area contributed by atoms with E-state index in [1.165, 1.54) is 12.8 Å². The molecule has 1 aliphatic rings. The molecule has 0 amide bonds. The minimum atomic E-state index is -2.44. The lowest BCUT2D eigenvalue weighted by Crippen LogP contribution is -2.15. The summed E-state index contributed by atoms with van der Waals surface area (Å²) >= 11 is 0.